The number of para-hydroxylation sites is 2. The van der Waals surface area contributed by atoms with E-state index in [0.717, 1.165) is 55.6 Å². The first-order chi connectivity index (χ1) is 25.5. The predicted octanol–water partition coefficient (Wildman–Crippen LogP) is 6.11. The van der Waals surface area contributed by atoms with Gasteiger partial charge in [-0.15, -0.1) is 0 Å². The number of alkyl halides is 3. The molecule has 294 valence electrons. The molecule has 4 heterocycles. The molecule has 3 aromatic rings. The van der Waals surface area contributed by atoms with Crippen LogP contribution < -0.4 is 5.32 Å². The fraction of sp³-hybridized carbons (Fsp3) is 0.575. The molecule has 0 radical (unpaired) electrons. The van der Waals surface area contributed by atoms with Crippen molar-refractivity contribution in [2.45, 2.75) is 114 Å². The molecule has 14 heteroatoms. The molecule has 0 aliphatic carbocycles. The molecule has 3 saturated heterocycles. The Balaban J connectivity index is 0.000000554. The maximum Gasteiger partial charge on any atom is 0.471 e. The van der Waals surface area contributed by atoms with Gasteiger partial charge >= 0.3 is 12.1 Å². The van der Waals surface area contributed by atoms with Gasteiger partial charge in [0.1, 0.15) is 23.5 Å². The number of benzene rings is 2. The topological polar surface area (TPSA) is 108 Å². The number of imidazole rings is 1. The number of halogens is 4. The Kier molecular flexibility index (Phi) is 12.5. The van der Waals surface area contributed by atoms with Crippen molar-refractivity contribution in [1.82, 2.24) is 29.6 Å². The Morgan fingerprint density at radius 1 is 1.00 bits per heavy atom. The third-order valence-electron chi connectivity index (χ3n) is 11.6. The Labute approximate surface area is 314 Å². The van der Waals surface area contributed by atoms with Gasteiger partial charge in [0.25, 0.3) is 0 Å². The highest BCUT2D eigenvalue weighted by Gasteiger charge is 2.47. The maximum atomic E-state index is 14.5. The average Bonchev–Trinajstić information content (AvgIpc) is 3.59. The van der Waals surface area contributed by atoms with Gasteiger partial charge in [0.15, 0.2) is 0 Å². The number of piperidine rings is 2. The Morgan fingerprint density at radius 3 is 2.24 bits per heavy atom. The highest BCUT2D eigenvalue weighted by Crippen LogP contribution is 2.45. The second-order valence-corrected chi connectivity index (χ2v) is 15.5. The number of fused-ring (bicyclic) bond motifs is 3. The van der Waals surface area contributed by atoms with E-state index in [0.29, 0.717) is 56.8 Å². The van der Waals surface area contributed by atoms with Crippen LogP contribution in [0.25, 0.3) is 11.0 Å². The second-order valence-electron chi connectivity index (χ2n) is 15.5. The van der Waals surface area contributed by atoms with Crippen molar-refractivity contribution in [2.75, 3.05) is 33.2 Å². The Morgan fingerprint density at radius 2 is 1.65 bits per heavy atom. The molecule has 1 N–H and O–H groups in total. The van der Waals surface area contributed by atoms with Crippen LogP contribution in [0.4, 0.5) is 17.6 Å². The van der Waals surface area contributed by atoms with E-state index in [-0.39, 0.29) is 23.7 Å². The molecule has 3 aliphatic heterocycles. The lowest BCUT2D eigenvalue weighted by molar-refractivity contribution is -0.176. The zero-order chi connectivity index (χ0) is 39.4. The van der Waals surface area contributed by atoms with E-state index in [2.05, 4.69) is 34.6 Å². The van der Waals surface area contributed by atoms with Crippen molar-refractivity contribution >= 4 is 35.0 Å². The van der Waals surface area contributed by atoms with Crippen LogP contribution in [0.15, 0.2) is 48.5 Å². The molecule has 6 rings (SSSR count). The van der Waals surface area contributed by atoms with Crippen LogP contribution in [0.3, 0.4) is 0 Å². The molecular weight excluding hydrogens is 704 g/mol. The number of carbonyl (C=O) groups excluding carboxylic acids is 4. The number of hydrogen-bond acceptors (Lipinski definition) is 6. The van der Waals surface area contributed by atoms with Crippen LogP contribution in [-0.4, -0.2) is 105 Å². The summed E-state index contributed by atoms with van der Waals surface area (Å²) in [6.07, 6.45) is 2.37. The summed E-state index contributed by atoms with van der Waals surface area (Å²) in [7, 11) is 1.61. The van der Waals surface area contributed by atoms with Gasteiger partial charge in [-0.05, 0) is 108 Å². The number of likely N-dealkylation sites (tertiary alicyclic amines) is 1. The zero-order valence-corrected chi connectivity index (χ0v) is 31.8. The minimum Gasteiger partial charge on any atom is -0.341 e. The standard InChI is InChI=1S/C34H41F4N5O2.C6H11NO2/c1-22-39-28-9-4-5-10-29(28)43(22)27-20-25-11-12-26(21-27)42(25)18-15-33(23-7-6-8-24(35)19-23)13-16-41(17-14-33)31(45)32(2,3)40-30(44)34(36,37)38;1-3-6(9)7(2)4-5-8/h4-10,19,25-27H,11-18,20-21H2,1-3H3,(H,40,44);5H,3-4H2,1-2H3. The molecule has 2 unspecified atom stereocenters. The van der Waals surface area contributed by atoms with Gasteiger partial charge in [-0.1, -0.05) is 31.2 Å². The van der Waals surface area contributed by atoms with Crippen LogP contribution >= 0.6 is 0 Å². The van der Waals surface area contributed by atoms with Gasteiger partial charge < -0.3 is 24.5 Å². The zero-order valence-electron chi connectivity index (χ0n) is 31.8. The molecule has 0 saturated carbocycles. The van der Waals surface area contributed by atoms with Crippen molar-refractivity contribution in [1.29, 1.82) is 0 Å². The van der Waals surface area contributed by atoms with Gasteiger partial charge in [0, 0.05) is 44.7 Å². The molecule has 54 heavy (non-hydrogen) atoms. The van der Waals surface area contributed by atoms with E-state index in [1.807, 2.05) is 17.4 Å². The maximum absolute atomic E-state index is 14.5. The van der Waals surface area contributed by atoms with Crippen LogP contribution in [-0.2, 0) is 24.6 Å². The van der Waals surface area contributed by atoms with Gasteiger partial charge in [-0.25, -0.2) is 9.37 Å². The summed E-state index contributed by atoms with van der Waals surface area (Å²) in [4.78, 5) is 55.8. The molecule has 3 aliphatic rings. The molecule has 1 aromatic heterocycles. The van der Waals surface area contributed by atoms with E-state index >= 15 is 0 Å². The van der Waals surface area contributed by atoms with E-state index in [9.17, 15) is 36.7 Å². The third-order valence-corrected chi connectivity index (χ3v) is 11.6. The first kappa shape index (κ1) is 40.8. The van der Waals surface area contributed by atoms with Crippen molar-refractivity contribution < 1.29 is 36.7 Å². The summed E-state index contributed by atoms with van der Waals surface area (Å²) < 4.78 is 55.6. The Bertz CT molecular complexity index is 1800. The van der Waals surface area contributed by atoms with E-state index in [4.69, 9.17) is 4.98 Å². The number of carbonyl (C=O) groups is 4. The minimum absolute atomic E-state index is 0.00194. The lowest BCUT2D eigenvalue weighted by Crippen LogP contribution is -2.60. The summed E-state index contributed by atoms with van der Waals surface area (Å²) in [6, 6.07) is 16.2. The number of nitrogens with zero attached hydrogens (tertiary/aromatic N) is 5. The predicted molar refractivity (Wildman–Crippen MR) is 197 cm³/mol. The SMILES string of the molecule is CCC(=O)N(C)CC=O.Cc1nc2ccccc2n1C1CC2CCC(C1)N2CCC1(c2cccc(F)c2)CCN(C(=O)C(C)(C)NC(=O)C(F)(F)F)CC1. The third kappa shape index (κ3) is 8.96. The van der Waals surface area contributed by atoms with E-state index in [1.54, 1.807) is 26.1 Å². The largest absolute Gasteiger partial charge is 0.471 e. The smallest absolute Gasteiger partial charge is 0.341 e. The molecule has 0 spiro atoms. The van der Waals surface area contributed by atoms with E-state index < -0.39 is 23.5 Å². The van der Waals surface area contributed by atoms with Crippen LogP contribution in [0, 0.1) is 12.7 Å². The van der Waals surface area contributed by atoms with Crippen LogP contribution in [0.5, 0.6) is 0 Å². The number of rotatable bonds is 10. The second kappa shape index (κ2) is 16.6. The molecule has 2 aromatic carbocycles. The van der Waals surface area contributed by atoms with Crippen molar-refractivity contribution in [3.63, 3.8) is 0 Å². The summed E-state index contributed by atoms with van der Waals surface area (Å²) in [5.41, 5.74) is 1.000. The van der Waals surface area contributed by atoms with Crippen molar-refractivity contribution in [2.24, 2.45) is 0 Å². The Hall–Kier alpha value is -4.33. The highest BCUT2D eigenvalue weighted by molar-refractivity contribution is 5.92. The summed E-state index contributed by atoms with van der Waals surface area (Å²) in [6.45, 7) is 8.10. The van der Waals surface area contributed by atoms with Crippen LogP contribution in [0.2, 0.25) is 0 Å². The lowest BCUT2D eigenvalue weighted by atomic mass is 9.70. The first-order valence-corrected chi connectivity index (χ1v) is 18.8. The molecule has 2 bridgehead atoms. The van der Waals surface area contributed by atoms with Crippen molar-refractivity contribution in [3.05, 3.63) is 65.7 Å². The molecule has 10 nitrogen and oxygen atoms in total. The normalized spacial score (nSPS) is 21.3. The number of nitrogens with one attached hydrogen (secondary N) is 1. The number of aldehydes is 1. The molecule has 3 amide bonds. The number of aromatic nitrogens is 2. The molecular formula is C40H52F4N6O4. The van der Waals surface area contributed by atoms with Gasteiger partial charge in [-0.2, -0.15) is 13.2 Å². The van der Waals surface area contributed by atoms with Crippen molar-refractivity contribution in [3.8, 4) is 0 Å². The fourth-order valence-corrected chi connectivity index (χ4v) is 8.72. The molecule has 2 atom stereocenters. The first-order valence-electron chi connectivity index (χ1n) is 18.8. The van der Waals surface area contributed by atoms with Gasteiger partial charge in [0.05, 0.1) is 17.6 Å². The summed E-state index contributed by atoms with van der Waals surface area (Å²) in [5, 5.41) is 1.85. The number of aryl methyl sites for hydroxylation is 1. The van der Waals surface area contributed by atoms with Crippen LogP contribution in [0.1, 0.15) is 89.6 Å². The number of amides is 3. The fourth-order valence-electron chi connectivity index (χ4n) is 8.72. The number of likely N-dealkylation sites (N-methyl/N-ethyl adjacent to an activating group) is 1. The van der Waals surface area contributed by atoms with Gasteiger partial charge in [-0.3, -0.25) is 19.3 Å². The monoisotopic (exact) mass is 756 g/mol. The summed E-state index contributed by atoms with van der Waals surface area (Å²) >= 11 is 0. The highest BCUT2D eigenvalue weighted by atomic mass is 19.4. The van der Waals surface area contributed by atoms with E-state index in [1.165, 1.54) is 35.2 Å². The molecule has 3 fully saturated rings. The minimum atomic E-state index is -5.08. The average molecular weight is 757 g/mol. The van der Waals surface area contributed by atoms with Gasteiger partial charge in [0.2, 0.25) is 11.8 Å². The quantitative estimate of drug-likeness (QED) is 0.198. The number of hydrogen-bond donors (Lipinski definition) is 1. The summed E-state index contributed by atoms with van der Waals surface area (Å²) in [5.74, 6) is -1.97. The lowest BCUT2D eigenvalue weighted by Gasteiger charge is -2.46.